The summed E-state index contributed by atoms with van der Waals surface area (Å²) in [5.41, 5.74) is 0. The molecule has 2 N–H and O–H groups in total. The van der Waals surface area contributed by atoms with E-state index < -0.39 is 0 Å². The van der Waals surface area contributed by atoms with Gasteiger partial charge < -0.3 is 19.8 Å². The van der Waals surface area contributed by atoms with Gasteiger partial charge in [0, 0.05) is 13.2 Å². The van der Waals surface area contributed by atoms with E-state index in [1.54, 1.807) is 31.4 Å². The highest BCUT2D eigenvalue weighted by Gasteiger charge is 2.14. The van der Waals surface area contributed by atoms with Crippen LogP contribution in [-0.2, 0) is 4.74 Å². The van der Waals surface area contributed by atoms with Crippen molar-refractivity contribution >= 4 is 28.2 Å². The van der Waals surface area contributed by atoms with Gasteiger partial charge in [0.1, 0.15) is 0 Å². The second-order valence-corrected chi connectivity index (χ2v) is 5.51. The van der Waals surface area contributed by atoms with Crippen molar-refractivity contribution in [2.24, 2.45) is 0 Å². The van der Waals surface area contributed by atoms with Crippen LogP contribution >= 0.6 is 11.3 Å². The van der Waals surface area contributed by atoms with E-state index in [-0.39, 0.29) is 23.6 Å². The summed E-state index contributed by atoms with van der Waals surface area (Å²) in [5.74, 6) is -0.312. The molecule has 2 heterocycles. The van der Waals surface area contributed by atoms with E-state index in [1.807, 2.05) is 6.92 Å². The summed E-state index contributed by atoms with van der Waals surface area (Å²) in [6.45, 7) is 2.30. The highest BCUT2D eigenvalue weighted by molar-refractivity contribution is 7.18. The van der Waals surface area contributed by atoms with Gasteiger partial charge in [-0.3, -0.25) is 9.59 Å². The third kappa shape index (κ3) is 4.17. The summed E-state index contributed by atoms with van der Waals surface area (Å²) in [6, 6.07) is 6.48. The minimum absolute atomic E-state index is 0.0780. The number of anilines is 1. The number of furan rings is 1. The molecule has 0 aliphatic carbocycles. The highest BCUT2D eigenvalue weighted by Crippen LogP contribution is 2.22. The van der Waals surface area contributed by atoms with Crippen LogP contribution in [0.5, 0.6) is 0 Å². The molecular formula is C14H16N2O4S. The van der Waals surface area contributed by atoms with Crippen molar-refractivity contribution in [3.8, 4) is 0 Å². The molecule has 0 aromatic carbocycles. The van der Waals surface area contributed by atoms with Gasteiger partial charge in [-0.05, 0) is 31.2 Å². The normalized spacial score (nSPS) is 11.9. The third-order valence-corrected chi connectivity index (χ3v) is 3.61. The van der Waals surface area contributed by atoms with E-state index in [0.29, 0.717) is 16.5 Å². The molecule has 0 radical (unpaired) electrons. The Balaban J connectivity index is 1.95. The van der Waals surface area contributed by atoms with Crippen molar-refractivity contribution in [3.05, 3.63) is 41.2 Å². The number of hydrogen-bond donors (Lipinski definition) is 2. The van der Waals surface area contributed by atoms with Crippen LogP contribution < -0.4 is 10.6 Å². The molecule has 0 saturated carbocycles. The van der Waals surface area contributed by atoms with Gasteiger partial charge >= 0.3 is 0 Å². The lowest BCUT2D eigenvalue weighted by Gasteiger charge is -2.11. The van der Waals surface area contributed by atoms with Gasteiger partial charge in [0.15, 0.2) is 5.76 Å². The minimum atomic E-state index is -0.346. The van der Waals surface area contributed by atoms with Crippen LogP contribution in [0.2, 0.25) is 0 Å². The monoisotopic (exact) mass is 308 g/mol. The molecule has 1 unspecified atom stereocenters. The van der Waals surface area contributed by atoms with Crippen LogP contribution in [-0.4, -0.2) is 31.6 Å². The quantitative estimate of drug-likeness (QED) is 0.858. The largest absolute Gasteiger partial charge is 0.459 e. The molecule has 112 valence electrons. The molecule has 1 atom stereocenters. The Morgan fingerprint density at radius 3 is 2.81 bits per heavy atom. The Kier molecular flexibility index (Phi) is 5.13. The smallest absolute Gasteiger partial charge is 0.291 e. The fourth-order valence-corrected chi connectivity index (χ4v) is 2.50. The topological polar surface area (TPSA) is 80.6 Å². The molecule has 0 aliphatic rings. The molecule has 2 rings (SSSR count). The Bertz CT molecular complexity index is 606. The molecule has 0 spiro atoms. The van der Waals surface area contributed by atoms with Crippen LogP contribution in [0.25, 0.3) is 0 Å². The average Bonchev–Trinajstić information content (AvgIpc) is 3.09. The van der Waals surface area contributed by atoms with Gasteiger partial charge in [0.05, 0.1) is 22.7 Å². The number of hydrogen-bond acceptors (Lipinski definition) is 5. The maximum absolute atomic E-state index is 12.0. The summed E-state index contributed by atoms with van der Waals surface area (Å²) >= 11 is 1.20. The summed E-state index contributed by atoms with van der Waals surface area (Å²) in [5, 5.41) is 6.07. The molecular weight excluding hydrogens is 292 g/mol. The van der Waals surface area contributed by atoms with Gasteiger partial charge in [0.25, 0.3) is 11.8 Å². The first-order chi connectivity index (χ1) is 10.1. The van der Waals surface area contributed by atoms with Gasteiger partial charge in [-0.25, -0.2) is 0 Å². The lowest BCUT2D eigenvalue weighted by Crippen LogP contribution is -2.35. The standard InChI is InChI=1S/C14H16N2O4S/c1-9(8-19-2)15-14(18)11-5-6-12(21-11)16-13(17)10-4-3-7-20-10/h3-7,9H,8H2,1-2H3,(H,15,18)(H,16,17). The van der Waals surface area contributed by atoms with Crippen molar-refractivity contribution < 1.29 is 18.7 Å². The van der Waals surface area contributed by atoms with E-state index >= 15 is 0 Å². The highest BCUT2D eigenvalue weighted by atomic mass is 32.1. The molecule has 0 saturated heterocycles. The number of amides is 2. The van der Waals surface area contributed by atoms with E-state index in [4.69, 9.17) is 9.15 Å². The maximum atomic E-state index is 12.0. The van der Waals surface area contributed by atoms with Crippen LogP contribution in [0.3, 0.4) is 0 Å². The van der Waals surface area contributed by atoms with E-state index in [2.05, 4.69) is 10.6 Å². The number of carbonyl (C=O) groups excluding carboxylic acids is 2. The SMILES string of the molecule is COCC(C)NC(=O)c1ccc(NC(=O)c2ccco2)s1. The van der Waals surface area contributed by atoms with E-state index in [9.17, 15) is 9.59 Å². The number of rotatable bonds is 6. The summed E-state index contributed by atoms with van der Waals surface area (Å²) in [7, 11) is 1.58. The van der Waals surface area contributed by atoms with E-state index in [1.165, 1.54) is 17.6 Å². The summed E-state index contributed by atoms with van der Waals surface area (Å²) in [6.07, 6.45) is 1.43. The summed E-state index contributed by atoms with van der Waals surface area (Å²) < 4.78 is 9.96. The maximum Gasteiger partial charge on any atom is 0.291 e. The lowest BCUT2D eigenvalue weighted by atomic mass is 10.3. The molecule has 7 heteroatoms. The zero-order chi connectivity index (χ0) is 15.2. The number of nitrogens with one attached hydrogen (secondary N) is 2. The Morgan fingerprint density at radius 1 is 1.33 bits per heavy atom. The van der Waals surface area contributed by atoms with Crippen molar-refractivity contribution in [1.29, 1.82) is 0 Å². The Hall–Kier alpha value is -2.12. The molecule has 21 heavy (non-hydrogen) atoms. The predicted molar refractivity (Wildman–Crippen MR) is 79.8 cm³/mol. The molecule has 6 nitrogen and oxygen atoms in total. The first kappa shape index (κ1) is 15.3. The minimum Gasteiger partial charge on any atom is -0.459 e. The number of ether oxygens (including phenoxy) is 1. The third-order valence-electron chi connectivity index (χ3n) is 2.61. The summed E-state index contributed by atoms with van der Waals surface area (Å²) in [4.78, 5) is 24.3. The Labute approximate surface area is 126 Å². The van der Waals surface area contributed by atoms with Crippen molar-refractivity contribution in [2.75, 3.05) is 19.0 Å². The van der Waals surface area contributed by atoms with Crippen LogP contribution in [0, 0.1) is 0 Å². The number of thiophene rings is 1. The van der Waals surface area contributed by atoms with Crippen LogP contribution in [0.1, 0.15) is 27.2 Å². The van der Waals surface area contributed by atoms with Gasteiger partial charge in [0.2, 0.25) is 0 Å². The zero-order valence-corrected chi connectivity index (χ0v) is 12.5. The number of carbonyl (C=O) groups is 2. The zero-order valence-electron chi connectivity index (χ0n) is 11.7. The lowest BCUT2D eigenvalue weighted by molar-refractivity contribution is 0.0909. The van der Waals surface area contributed by atoms with Crippen molar-refractivity contribution in [1.82, 2.24) is 5.32 Å². The average molecular weight is 308 g/mol. The van der Waals surface area contributed by atoms with Gasteiger partial charge in [-0.1, -0.05) is 0 Å². The second-order valence-electron chi connectivity index (χ2n) is 4.43. The predicted octanol–water partition coefficient (Wildman–Crippen LogP) is 2.36. The first-order valence-corrected chi connectivity index (χ1v) is 7.16. The number of methoxy groups -OCH3 is 1. The first-order valence-electron chi connectivity index (χ1n) is 6.34. The fraction of sp³-hybridized carbons (Fsp3) is 0.286. The van der Waals surface area contributed by atoms with Crippen LogP contribution in [0.4, 0.5) is 5.00 Å². The van der Waals surface area contributed by atoms with E-state index in [0.717, 1.165) is 0 Å². The van der Waals surface area contributed by atoms with Gasteiger partial charge in [-0.15, -0.1) is 11.3 Å². The molecule has 2 amide bonds. The Morgan fingerprint density at radius 2 is 2.14 bits per heavy atom. The molecule has 2 aromatic heterocycles. The molecule has 0 aliphatic heterocycles. The second kappa shape index (κ2) is 7.05. The molecule has 2 aromatic rings. The molecule has 0 fully saturated rings. The van der Waals surface area contributed by atoms with Crippen LogP contribution in [0.15, 0.2) is 34.9 Å². The van der Waals surface area contributed by atoms with Crippen molar-refractivity contribution in [3.63, 3.8) is 0 Å². The van der Waals surface area contributed by atoms with Crippen molar-refractivity contribution in [2.45, 2.75) is 13.0 Å². The van der Waals surface area contributed by atoms with Gasteiger partial charge in [-0.2, -0.15) is 0 Å². The molecule has 0 bridgehead atoms. The fourth-order valence-electron chi connectivity index (χ4n) is 1.69.